The second kappa shape index (κ2) is 10.9. The lowest BCUT2D eigenvalue weighted by atomic mass is 10.1. The van der Waals surface area contributed by atoms with Crippen LogP contribution in [0.5, 0.6) is 5.75 Å². The van der Waals surface area contributed by atoms with Crippen molar-refractivity contribution in [3.63, 3.8) is 0 Å². The molecule has 0 saturated carbocycles. The molecule has 0 aliphatic rings. The lowest BCUT2D eigenvalue weighted by molar-refractivity contribution is -0.139. The highest BCUT2D eigenvalue weighted by atomic mass is 31.2. The lowest BCUT2D eigenvalue weighted by Crippen LogP contribution is -2.37. The second-order valence-corrected chi connectivity index (χ2v) is 6.92. The second-order valence-electron chi connectivity index (χ2n) is 5.68. The Kier molecular flexibility index (Phi) is 9.25. The molecule has 13 nitrogen and oxygen atoms in total. The Bertz CT molecular complexity index is 740. The Balaban J connectivity index is 2.77. The number of nitrogens with two attached hydrogens (primary N) is 1. The number of urea groups is 1. The van der Waals surface area contributed by atoms with Crippen LogP contribution in [0.1, 0.15) is 29.7 Å². The quantitative estimate of drug-likeness (QED) is 0.149. The van der Waals surface area contributed by atoms with Crippen LogP contribution < -0.4 is 16.4 Å². The molecule has 0 bridgehead atoms. The maximum atomic E-state index is 11.3. The third kappa shape index (κ3) is 8.17. The summed E-state index contributed by atoms with van der Waals surface area (Å²) in [6.45, 7) is -1.19. The zero-order chi connectivity index (χ0) is 21.3. The Morgan fingerprint density at radius 2 is 2.04 bits per heavy atom. The summed E-state index contributed by atoms with van der Waals surface area (Å²) < 4.78 is 15.1. The summed E-state index contributed by atoms with van der Waals surface area (Å²) in [6.07, 6.45) is 1.66. The standard InChI is InChI=1S/C14H23N4O9P/c15-14(23)16-3-1-2-10(13(21)22)18-5-11-12(20)9(6-19)8(4-17-11)7-27-28(24,25)26/h4,10,18-20H,1-3,5-7H2,(H,21,22)(H3,15,16,23)(H2,24,25,26)/t10-/m0/s1. The van der Waals surface area contributed by atoms with Gasteiger partial charge < -0.3 is 36.2 Å². The third-order valence-electron chi connectivity index (χ3n) is 3.65. The van der Waals surface area contributed by atoms with Gasteiger partial charge in [-0.1, -0.05) is 0 Å². The lowest BCUT2D eigenvalue weighted by Gasteiger charge is -2.17. The van der Waals surface area contributed by atoms with Crippen molar-refractivity contribution in [2.75, 3.05) is 6.54 Å². The number of carbonyl (C=O) groups excluding carboxylic acids is 1. The van der Waals surface area contributed by atoms with E-state index in [9.17, 15) is 29.5 Å². The molecule has 28 heavy (non-hydrogen) atoms. The van der Waals surface area contributed by atoms with Crippen LogP contribution in [0.15, 0.2) is 6.20 Å². The van der Waals surface area contributed by atoms with Crippen molar-refractivity contribution in [1.82, 2.24) is 15.6 Å². The molecule has 1 aromatic rings. The fraction of sp³-hybridized carbons (Fsp3) is 0.500. The van der Waals surface area contributed by atoms with Crippen molar-refractivity contribution in [3.8, 4) is 5.75 Å². The molecule has 0 spiro atoms. The molecule has 0 fully saturated rings. The normalized spacial score (nSPS) is 12.5. The SMILES string of the molecule is NC(=O)NCCC[C@H](NCc1ncc(COP(=O)(O)O)c(CO)c1O)C(=O)O. The molecule has 158 valence electrons. The number of aliphatic carboxylic acids is 1. The average molecular weight is 422 g/mol. The van der Waals surface area contributed by atoms with Gasteiger partial charge in [-0.3, -0.25) is 19.6 Å². The fourth-order valence-electron chi connectivity index (χ4n) is 2.26. The number of aliphatic hydroxyl groups excluding tert-OH is 1. The van der Waals surface area contributed by atoms with Gasteiger partial charge in [0.1, 0.15) is 11.8 Å². The molecule has 14 heteroatoms. The summed E-state index contributed by atoms with van der Waals surface area (Å²) in [5, 5.41) is 33.9. The van der Waals surface area contributed by atoms with Crippen molar-refractivity contribution in [2.24, 2.45) is 5.73 Å². The van der Waals surface area contributed by atoms with E-state index in [4.69, 9.17) is 15.5 Å². The number of nitrogens with zero attached hydrogens (tertiary/aromatic N) is 1. The topological polar surface area (TPSA) is 225 Å². The largest absolute Gasteiger partial charge is 0.506 e. The number of primary amides is 1. The van der Waals surface area contributed by atoms with Crippen LogP contribution in [-0.2, 0) is 33.6 Å². The van der Waals surface area contributed by atoms with Crippen LogP contribution in [0, 0.1) is 0 Å². The highest BCUT2D eigenvalue weighted by Crippen LogP contribution is 2.38. The Hall–Kier alpha value is -2.28. The molecule has 1 heterocycles. The van der Waals surface area contributed by atoms with E-state index < -0.39 is 44.8 Å². The number of phosphoric ester groups is 1. The summed E-state index contributed by atoms with van der Waals surface area (Å²) in [6, 6.07) is -1.71. The molecule has 1 rings (SSSR count). The minimum atomic E-state index is -4.75. The van der Waals surface area contributed by atoms with E-state index in [1.54, 1.807) is 0 Å². The Labute approximate surface area is 159 Å². The van der Waals surface area contributed by atoms with Crippen molar-refractivity contribution in [3.05, 3.63) is 23.0 Å². The Morgan fingerprint density at radius 3 is 2.57 bits per heavy atom. The van der Waals surface area contributed by atoms with Crippen LogP contribution in [0.2, 0.25) is 0 Å². The number of rotatable bonds is 12. The number of carboxylic acids is 1. The number of carboxylic acid groups (broad SMARTS) is 1. The van der Waals surface area contributed by atoms with Crippen LogP contribution >= 0.6 is 7.82 Å². The first-order valence-electron chi connectivity index (χ1n) is 8.04. The minimum Gasteiger partial charge on any atom is -0.506 e. The fourth-order valence-corrected chi connectivity index (χ4v) is 2.56. The van der Waals surface area contributed by atoms with Gasteiger partial charge in [-0.25, -0.2) is 9.36 Å². The van der Waals surface area contributed by atoms with Crippen LogP contribution in [0.3, 0.4) is 0 Å². The number of hydrogen-bond acceptors (Lipinski definition) is 8. The minimum absolute atomic E-state index is 0.0329. The molecule has 0 aliphatic heterocycles. The van der Waals surface area contributed by atoms with E-state index in [2.05, 4.69) is 20.1 Å². The van der Waals surface area contributed by atoms with Gasteiger partial charge in [0.05, 0.1) is 18.9 Å². The number of aliphatic hydroxyl groups is 1. The number of pyridine rings is 1. The van der Waals surface area contributed by atoms with Crippen molar-refractivity contribution < 1.29 is 43.8 Å². The first-order chi connectivity index (χ1) is 13.0. The van der Waals surface area contributed by atoms with Crippen molar-refractivity contribution in [1.29, 1.82) is 0 Å². The summed E-state index contributed by atoms with van der Waals surface area (Å²) >= 11 is 0. The first kappa shape index (κ1) is 23.8. The van der Waals surface area contributed by atoms with E-state index in [1.165, 1.54) is 0 Å². The zero-order valence-corrected chi connectivity index (χ0v) is 15.6. The molecule has 2 amide bonds. The highest BCUT2D eigenvalue weighted by molar-refractivity contribution is 7.46. The highest BCUT2D eigenvalue weighted by Gasteiger charge is 2.21. The van der Waals surface area contributed by atoms with E-state index >= 15 is 0 Å². The van der Waals surface area contributed by atoms with Gasteiger partial charge in [-0.05, 0) is 12.8 Å². The molecule has 0 unspecified atom stereocenters. The predicted molar refractivity (Wildman–Crippen MR) is 93.7 cm³/mol. The molecule has 0 aliphatic carbocycles. The van der Waals surface area contributed by atoms with Gasteiger partial charge in [0.15, 0.2) is 0 Å². The van der Waals surface area contributed by atoms with E-state index in [1.807, 2.05) is 0 Å². The molecule has 1 atom stereocenters. The van der Waals surface area contributed by atoms with Gasteiger partial charge >= 0.3 is 19.8 Å². The van der Waals surface area contributed by atoms with Gasteiger partial charge in [0.2, 0.25) is 0 Å². The number of amides is 2. The monoisotopic (exact) mass is 422 g/mol. The number of aromatic hydroxyl groups is 1. The summed E-state index contributed by atoms with van der Waals surface area (Å²) in [4.78, 5) is 43.3. The smallest absolute Gasteiger partial charge is 0.469 e. The van der Waals surface area contributed by atoms with Gasteiger partial charge in [0, 0.05) is 30.4 Å². The number of aromatic nitrogens is 1. The zero-order valence-electron chi connectivity index (χ0n) is 14.7. The maximum absolute atomic E-state index is 11.3. The summed E-state index contributed by atoms with van der Waals surface area (Å²) in [7, 11) is -4.75. The number of phosphoric acid groups is 1. The van der Waals surface area contributed by atoms with E-state index in [0.29, 0.717) is 6.42 Å². The average Bonchev–Trinajstić information content (AvgIpc) is 2.59. The van der Waals surface area contributed by atoms with Crippen LogP contribution in [-0.4, -0.2) is 54.7 Å². The first-order valence-corrected chi connectivity index (χ1v) is 9.57. The molecule has 0 saturated heterocycles. The van der Waals surface area contributed by atoms with E-state index in [0.717, 1.165) is 6.20 Å². The molecular formula is C14H23N4O9P. The molecule has 0 radical (unpaired) electrons. The predicted octanol–water partition coefficient (Wildman–Crippen LogP) is -1.12. The van der Waals surface area contributed by atoms with Crippen molar-refractivity contribution >= 4 is 19.8 Å². The van der Waals surface area contributed by atoms with E-state index in [-0.39, 0.29) is 36.3 Å². The third-order valence-corrected chi connectivity index (χ3v) is 4.12. The number of carbonyl (C=O) groups is 2. The van der Waals surface area contributed by atoms with Crippen molar-refractivity contribution in [2.45, 2.75) is 38.6 Å². The molecule has 9 N–H and O–H groups in total. The number of hydrogen-bond donors (Lipinski definition) is 8. The molecule has 0 aromatic carbocycles. The summed E-state index contributed by atoms with van der Waals surface area (Å²) in [5.41, 5.74) is 4.97. The molecular weight excluding hydrogens is 399 g/mol. The van der Waals surface area contributed by atoms with Gasteiger partial charge in [-0.15, -0.1) is 0 Å². The van der Waals surface area contributed by atoms with Crippen LogP contribution in [0.25, 0.3) is 0 Å². The van der Waals surface area contributed by atoms with Crippen LogP contribution in [0.4, 0.5) is 4.79 Å². The Morgan fingerprint density at radius 1 is 1.36 bits per heavy atom. The number of nitrogens with one attached hydrogen (secondary N) is 2. The van der Waals surface area contributed by atoms with Gasteiger partial charge in [-0.2, -0.15) is 0 Å². The maximum Gasteiger partial charge on any atom is 0.469 e. The summed E-state index contributed by atoms with van der Waals surface area (Å²) in [5.74, 6) is -1.59. The molecule has 1 aromatic heterocycles. The van der Waals surface area contributed by atoms with Gasteiger partial charge in [0.25, 0.3) is 0 Å².